The monoisotopic (exact) mass is 276 g/mol. The summed E-state index contributed by atoms with van der Waals surface area (Å²) in [6.07, 6.45) is -5.72. The molecular weight excluding hydrogens is 271 g/mol. The van der Waals surface area contributed by atoms with Crippen LogP contribution in [-0.4, -0.2) is 18.0 Å². The summed E-state index contributed by atoms with van der Waals surface area (Å²) in [5, 5.41) is 10.1. The van der Waals surface area contributed by atoms with Gasteiger partial charge in [0, 0.05) is 0 Å². The van der Waals surface area contributed by atoms with Crippen LogP contribution in [0.2, 0.25) is 0 Å². The molecule has 0 saturated heterocycles. The van der Waals surface area contributed by atoms with Gasteiger partial charge in [-0.1, -0.05) is 18.2 Å². The maximum atomic E-state index is 13.1. The Morgan fingerprint density at radius 3 is 1.94 bits per heavy atom. The van der Waals surface area contributed by atoms with Gasteiger partial charge in [-0.05, 0) is 12.1 Å². The van der Waals surface area contributed by atoms with Gasteiger partial charge >= 0.3 is 63.4 Å². The van der Waals surface area contributed by atoms with Crippen LogP contribution >= 0.6 is 0 Å². The van der Waals surface area contributed by atoms with Crippen LogP contribution in [0.5, 0.6) is 5.75 Å². The summed E-state index contributed by atoms with van der Waals surface area (Å²) in [5.41, 5.74) is 0. The van der Waals surface area contributed by atoms with Crippen LogP contribution in [-0.2, 0) is 4.79 Å². The molecule has 0 bridgehead atoms. The summed E-state index contributed by atoms with van der Waals surface area (Å²) in [6, 6.07) is 5.95. The third-order valence-corrected chi connectivity index (χ3v) is 1.63. The van der Waals surface area contributed by atoms with Crippen molar-refractivity contribution in [1.29, 1.82) is 0 Å². The summed E-state index contributed by atoms with van der Waals surface area (Å²) < 4.78 is 53.2. The van der Waals surface area contributed by atoms with E-state index in [4.69, 9.17) is 0 Å². The third-order valence-electron chi connectivity index (χ3n) is 1.63. The number of rotatable bonds is 3. The van der Waals surface area contributed by atoms with Gasteiger partial charge in [0.2, 0.25) is 0 Å². The molecule has 8 heteroatoms. The minimum absolute atomic E-state index is 0. The van der Waals surface area contributed by atoms with E-state index < -0.39 is 23.7 Å². The van der Waals surface area contributed by atoms with Crippen LogP contribution in [0.3, 0.4) is 0 Å². The Bertz CT molecular complexity index is 382. The quantitative estimate of drug-likeness (QED) is 0.476. The summed E-state index contributed by atoms with van der Waals surface area (Å²) in [7, 11) is 0. The fourth-order valence-corrected chi connectivity index (χ4v) is 0.866. The first-order chi connectivity index (χ1) is 7.27. The molecule has 0 radical (unpaired) electrons. The van der Waals surface area contributed by atoms with Gasteiger partial charge in [-0.2, -0.15) is 17.6 Å². The van der Waals surface area contributed by atoms with E-state index in [0.29, 0.717) is 0 Å². The van der Waals surface area contributed by atoms with E-state index in [1.807, 2.05) is 0 Å². The molecule has 1 atom stereocenters. The molecule has 17 heavy (non-hydrogen) atoms. The summed E-state index contributed by atoms with van der Waals surface area (Å²) in [5.74, 6) is -8.41. The number of carbonyl (C=O) groups is 1. The number of hydrogen-bond acceptors (Lipinski definition) is 3. The zero-order chi connectivity index (χ0) is 12.4. The van der Waals surface area contributed by atoms with Gasteiger partial charge in [0.05, 0.1) is 0 Å². The Labute approximate surface area is 136 Å². The van der Waals surface area contributed by atoms with Crippen molar-refractivity contribution < 1.29 is 83.6 Å². The standard InChI is InChI=1S/C9H6F4O3.K/c10-8(7(14)15,9(11,12)13)16-6-4-2-1-3-5-6;/h1-5H,(H,14,15);/q;+1/p-1. The zero-order valence-electron chi connectivity index (χ0n) is 8.62. The molecule has 0 saturated carbocycles. The largest absolute Gasteiger partial charge is 1.00 e. The summed E-state index contributed by atoms with van der Waals surface area (Å²) in [6.45, 7) is 0. The van der Waals surface area contributed by atoms with Crippen molar-refractivity contribution in [2.24, 2.45) is 0 Å². The number of aliphatic carboxylic acids is 1. The molecule has 0 fully saturated rings. The van der Waals surface area contributed by atoms with Crippen molar-refractivity contribution in [1.82, 2.24) is 0 Å². The molecule has 1 aromatic rings. The van der Waals surface area contributed by atoms with E-state index >= 15 is 0 Å². The molecule has 0 aliphatic heterocycles. The van der Waals surface area contributed by atoms with Crippen molar-refractivity contribution in [2.75, 3.05) is 0 Å². The fraction of sp³-hybridized carbons (Fsp3) is 0.222. The number of carboxylic acids is 1. The van der Waals surface area contributed by atoms with Gasteiger partial charge in [-0.25, -0.2) is 0 Å². The Hall–Kier alpha value is -0.154. The number of ether oxygens (including phenoxy) is 1. The molecule has 1 unspecified atom stereocenters. The number of halogens is 4. The molecule has 0 amide bonds. The molecule has 1 aromatic carbocycles. The number of para-hydroxylation sites is 1. The maximum Gasteiger partial charge on any atom is 1.00 e. The summed E-state index contributed by atoms with van der Waals surface area (Å²) >= 11 is 0. The van der Waals surface area contributed by atoms with Gasteiger partial charge in [0.1, 0.15) is 11.7 Å². The second kappa shape index (κ2) is 6.14. The van der Waals surface area contributed by atoms with Gasteiger partial charge in [-0.3, -0.25) is 0 Å². The number of benzene rings is 1. The Kier molecular flexibility index (Phi) is 6.09. The normalized spacial score (nSPS) is 14.4. The van der Waals surface area contributed by atoms with Gasteiger partial charge in [0.15, 0.2) is 0 Å². The number of alkyl halides is 4. The summed E-state index contributed by atoms with van der Waals surface area (Å²) in [4.78, 5) is 10.1. The van der Waals surface area contributed by atoms with Crippen LogP contribution in [0.1, 0.15) is 0 Å². The smallest absolute Gasteiger partial charge is 0.543 e. The van der Waals surface area contributed by atoms with E-state index in [2.05, 4.69) is 4.74 Å². The van der Waals surface area contributed by atoms with Crippen LogP contribution in [0.25, 0.3) is 0 Å². The van der Waals surface area contributed by atoms with Crippen molar-refractivity contribution in [3.05, 3.63) is 30.3 Å². The maximum absolute atomic E-state index is 13.1. The van der Waals surface area contributed by atoms with E-state index in [-0.39, 0.29) is 51.4 Å². The van der Waals surface area contributed by atoms with Crippen LogP contribution < -0.4 is 61.2 Å². The Balaban J connectivity index is 0.00000256. The van der Waals surface area contributed by atoms with Crippen LogP contribution in [0, 0.1) is 0 Å². The minimum Gasteiger partial charge on any atom is -0.543 e. The second-order valence-corrected chi connectivity index (χ2v) is 2.80. The first kappa shape index (κ1) is 16.8. The van der Waals surface area contributed by atoms with E-state index in [9.17, 15) is 27.5 Å². The van der Waals surface area contributed by atoms with E-state index in [0.717, 1.165) is 12.1 Å². The molecule has 0 aliphatic carbocycles. The van der Waals surface area contributed by atoms with E-state index in [1.165, 1.54) is 18.2 Å². The number of carboxylic acid groups (broad SMARTS) is 1. The molecule has 0 heterocycles. The van der Waals surface area contributed by atoms with Gasteiger partial charge in [-0.15, -0.1) is 0 Å². The first-order valence-electron chi connectivity index (χ1n) is 3.98. The van der Waals surface area contributed by atoms with E-state index in [1.54, 1.807) is 0 Å². The van der Waals surface area contributed by atoms with Crippen molar-refractivity contribution in [2.45, 2.75) is 12.0 Å². The van der Waals surface area contributed by atoms with Crippen LogP contribution in [0.15, 0.2) is 30.3 Å². The number of carbonyl (C=O) groups excluding carboxylic acids is 1. The van der Waals surface area contributed by atoms with Crippen molar-refractivity contribution in [3.8, 4) is 5.75 Å². The molecule has 0 aromatic heterocycles. The molecule has 0 aliphatic rings. The topological polar surface area (TPSA) is 49.4 Å². The molecule has 3 nitrogen and oxygen atoms in total. The molecule has 1 rings (SSSR count). The third kappa shape index (κ3) is 3.92. The SMILES string of the molecule is O=C([O-])C(F)(Oc1ccccc1)C(F)(F)F.[K+]. The number of hydrogen-bond donors (Lipinski definition) is 0. The van der Waals surface area contributed by atoms with Gasteiger partial charge in [0.25, 0.3) is 0 Å². The van der Waals surface area contributed by atoms with Crippen LogP contribution in [0.4, 0.5) is 17.6 Å². The Morgan fingerprint density at radius 1 is 1.12 bits per heavy atom. The fourth-order valence-electron chi connectivity index (χ4n) is 0.866. The molecule has 0 spiro atoms. The predicted octanol–water partition coefficient (Wildman–Crippen LogP) is -1.95. The van der Waals surface area contributed by atoms with Gasteiger partial charge < -0.3 is 14.6 Å². The molecular formula is C9H5F4KO3. The van der Waals surface area contributed by atoms with Crippen molar-refractivity contribution in [3.63, 3.8) is 0 Å². The molecule has 88 valence electrons. The zero-order valence-corrected chi connectivity index (χ0v) is 11.7. The average Bonchev–Trinajstić information content (AvgIpc) is 2.17. The van der Waals surface area contributed by atoms with Crippen molar-refractivity contribution >= 4 is 5.97 Å². The second-order valence-electron chi connectivity index (χ2n) is 2.80. The Morgan fingerprint density at radius 2 is 1.59 bits per heavy atom. The molecule has 0 N–H and O–H groups in total. The minimum atomic E-state index is -5.72. The predicted molar refractivity (Wildman–Crippen MR) is 42.0 cm³/mol. The first-order valence-corrected chi connectivity index (χ1v) is 3.98. The average molecular weight is 276 g/mol.